The average molecular weight is 312 g/mol. The number of hydrogen-bond acceptors (Lipinski definition) is 2. The Hall–Kier alpha value is -2.33. The Bertz CT molecular complexity index is 611. The molecule has 1 unspecified atom stereocenters. The summed E-state index contributed by atoms with van der Waals surface area (Å²) in [6, 6.07) is 18.4. The van der Waals surface area contributed by atoms with Gasteiger partial charge in [-0.25, -0.2) is 4.79 Å². The molecule has 0 radical (unpaired) electrons. The van der Waals surface area contributed by atoms with Gasteiger partial charge in [-0.15, -0.1) is 0 Å². The Morgan fingerprint density at radius 3 is 2.30 bits per heavy atom. The normalized spacial score (nSPS) is 11.8. The number of benzene rings is 2. The zero-order valence-corrected chi connectivity index (χ0v) is 14.0. The van der Waals surface area contributed by atoms with E-state index in [-0.39, 0.29) is 12.1 Å². The molecular weight excluding hydrogens is 288 g/mol. The third kappa shape index (κ3) is 5.11. The first-order valence-corrected chi connectivity index (χ1v) is 7.75. The number of nitrogens with one attached hydrogen (secondary N) is 1. The Morgan fingerprint density at radius 2 is 1.70 bits per heavy atom. The smallest absolute Gasteiger partial charge is 0.317 e. The first-order valence-electron chi connectivity index (χ1n) is 7.75. The predicted octanol–water partition coefficient (Wildman–Crippen LogP) is 3.53. The van der Waals surface area contributed by atoms with E-state index in [1.54, 1.807) is 19.1 Å². The molecule has 4 heteroatoms. The fraction of sp³-hybridized carbons (Fsp3) is 0.316. The Balaban J connectivity index is 1.94. The highest BCUT2D eigenvalue weighted by Crippen LogP contribution is 2.19. The molecule has 0 saturated carbocycles. The molecule has 1 N–H and O–H groups in total. The molecule has 0 aliphatic rings. The van der Waals surface area contributed by atoms with Crippen molar-refractivity contribution in [1.82, 2.24) is 10.2 Å². The van der Waals surface area contributed by atoms with Crippen LogP contribution in [0.1, 0.15) is 12.5 Å². The number of nitrogens with zero attached hydrogens (tertiary/aromatic N) is 1. The molecule has 0 aromatic heterocycles. The number of amides is 2. The van der Waals surface area contributed by atoms with E-state index in [1.807, 2.05) is 25.1 Å². The van der Waals surface area contributed by atoms with Gasteiger partial charge in [0.15, 0.2) is 0 Å². The minimum Gasteiger partial charge on any atom is -0.383 e. The van der Waals surface area contributed by atoms with E-state index in [2.05, 4.69) is 41.7 Å². The van der Waals surface area contributed by atoms with E-state index in [0.29, 0.717) is 13.2 Å². The van der Waals surface area contributed by atoms with Crippen molar-refractivity contribution < 1.29 is 9.53 Å². The number of rotatable bonds is 6. The molecular formula is C19H24N2O2. The standard InChI is InChI=1S/C19H24N2O2/c1-15(14-23-3)20-19(22)21(2)13-16-9-11-18(12-10-16)17-7-5-4-6-8-17/h4-12,15H,13-14H2,1-3H3,(H,20,22). The minimum atomic E-state index is -0.0957. The second-order valence-corrected chi connectivity index (χ2v) is 5.72. The van der Waals surface area contributed by atoms with Gasteiger partial charge in [-0.3, -0.25) is 0 Å². The molecule has 0 fully saturated rings. The monoisotopic (exact) mass is 312 g/mol. The lowest BCUT2D eigenvalue weighted by Crippen LogP contribution is -2.43. The summed E-state index contributed by atoms with van der Waals surface area (Å²) >= 11 is 0. The van der Waals surface area contributed by atoms with Gasteiger partial charge in [0.05, 0.1) is 12.6 Å². The molecule has 1 atom stereocenters. The number of urea groups is 1. The van der Waals surface area contributed by atoms with E-state index in [1.165, 1.54) is 11.1 Å². The number of methoxy groups -OCH3 is 1. The van der Waals surface area contributed by atoms with Gasteiger partial charge in [-0.05, 0) is 23.6 Å². The highest BCUT2D eigenvalue weighted by molar-refractivity contribution is 5.74. The lowest BCUT2D eigenvalue weighted by molar-refractivity contribution is 0.162. The highest BCUT2D eigenvalue weighted by Gasteiger charge is 2.12. The van der Waals surface area contributed by atoms with Crippen molar-refractivity contribution in [1.29, 1.82) is 0 Å². The fourth-order valence-electron chi connectivity index (χ4n) is 2.39. The quantitative estimate of drug-likeness (QED) is 0.886. The van der Waals surface area contributed by atoms with Crippen LogP contribution in [-0.2, 0) is 11.3 Å². The van der Waals surface area contributed by atoms with Gasteiger partial charge >= 0.3 is 6.03 Å². The molecule has 2 aromatic carbocycles. The largest absolute Gasteiger partial charge is 0.383 e. The van der Waals surface area contributed by atoms with Crippen LogP contribution in [-0.4, -0.2) is 37.7 Å². The van der Waals surface area contributed by atoms with Gasteiger partial charge in [0, 0.05) is 20.7 Å². The van der Waals surface area contributed by atoms with E-state index in [0.717, 1.165) is 5.56 Å². The molecule has 0 spiro atoms. The third-order valence-corrected chi connectivity index (χ3v) is 3.61. The van der Waals surface area contributed by atoms with Crippen molar-refractivity contribution in [2.75, 3.05) is 20.8 Å². The van der Waals surface area contributed by atoms with Crippen LogP contribution in [0.15, 0.2) is 54.6 Å². The molecule has 0 aliphatic heterocycles. The van der Waals surface area contributed by atoms with Crippen LogP contribution in [0.5, 0.6) is 0 Å². The van der Waals surface area contributed by atoms with Gasteiger partial charge in [-0.2, -0.15) is 0 Å². The van der Waals surface area contributed by atoms with Crippen LogP contribution in [0.2, 0.25) is 0 Å². The summed E-state index contributed by atoms with van der Waals surface area (Å²) in [5, 5.41) is 2.90. The maximum Gasteiger partial charge on any atom is 0.317 e. The van der Waals surface area contributed by atoms with Crippen LogP contribution in [0.3, 0.4) is 0 Å². The van der Waals surface area contributed by atoms with Crippen molar-refractivity contribution in [2.24, 2.45) is 0 Å². The molecule has 2 amide bonds. The maximum atomic E-state index is 12.1. The number of carbonyl (C=O) groups excluding carboxylic acids is 1. The van der Waals surface area contributed by atoms with Crippen LogP contribution in [0, 0.1) is 0 Å². The first-order chi connectivity index (χ1) is 11.1. The van der Waals surface area contributed by atoms with Crippen molar-refractivity contribution in [3.8, 4) is 11.1 Å². The molecule has 0 bridgehead atoms. The van der Waals surface area contributed by atoms with Crippen LogP contribution in [0.4, 0.5) is 4.79 Å². The van der Waals surface area contributed by atoms with Gasteiger partial charge < -0.3 is 15.0 Å². The summed E-state index contributed by atoms with van der Waals surface area (Å²) < 4.78 is 5.02. The first kappa shape index (κ1) is 17.0. The fourth-order valence-corrected chi connectivity index (χ4v) is 2.39. The van der Waals surface area contributed by atoms with Crippen molar-refractivity contribution in [2.45, 2.75) is 19.5 Å². The lowest BCUT2D eigenvalue weighted by Gasteiger charge is -2.21. The molecule has 23 heavy (non-hydrogen) atoms. The summed E-state index contributed by atoms with van der Waals surface area (Å²) in [6.45, 7) is 3.00. The number of ether oxygens (including phenoxy) is 1. The molecule has 0 aliphatic carbocycles. The van der Waals surface area contributed by atoms with E-state index < -0.39 is 0 Å². The van der Waals surface area contributed by atoms with Crippen LogP contribution < -0.4 is 5.32 Å². The topological polar surface area (TPSA) is 41.6 Å². The maximum absolute atomic E-state index is 12.1. The molecule has 2 rings (SSSR count). The third-order valence-electron chi connectivity index (χ3n) is 3.61. The van der Waals surface area contributed by atoms with Crippen molar-refractivity contribution >= 4 is 6.03 Å². The lowest BCUT2D eigenvalue weighted by atomic mass is 10.0. The zero-order valence-electron chi connectivity index (χ0n) is 14.0. The second kappa shape index (κ2) is 8.34. The van der Waals surface area contributed by atoms with Gasteiger partial charge in [0.2, 0.25) is 0 Å². The molecule has 4 nitrogen and oxygen atoms in total. The van der Waals surface area contributed by atoms with E-state index in [4.69, 9.17) is 4.74 Å². The van der Waals surface area contributed by atoms with Crippen LogP contribution >= 0.6 is 0 Å². The highest BCUT2D eigenvalue weighted by atomic mass is 16.5. The van der Waals surface area contributed by atoms with Gasteiger partial charge in [0.1, 0.15) is 0 Å². The van der Waals surface area contributed by atoms with Crippen molar-refractivity contribution in [3.05, 3.63) is 60.2 Å². The molecule has 2 aromatic rings. The summed E-state index contributed by atoms with van der Waals surface area (Å²) in [7, 11) is 3.42. The Labute approximate surface area is 138 Å². The van der Waals surface area contributed by atoms with E-state index in [9.17, 15) is 4.79 Å². The minimum absolute atomic E-state index is 0.00425. The summed E-state index contributed by atoms with van der Waals surface area (Å²) in [5.41, 5.74) is 3.47. The summed E-state index contributed by atoms with van der Waals surface area (Å²) in [6.07, 6.45) is 0. The Kier molecular flexibility index (Phi) is 6.18. The summed E-state index contributed by atoms with van der Waals surface area (Å²) in [4.78, 5) is 13.8. The Morgan fingerprint density at radius 1 is 1.09 bits per heavy atom. The van der Waals surface area contributed by atoms with Gasteiger partial charge in [-0.1, -0.05) is 54.6 Å². The summed E-state index contributed by atoms with van der Waals surface area (Å²) in [5.74, 6) is 0. The molecule has 0 heterocycles. The molecule has 0 saturated heterocycles. The second-order valence-electron chi connectivity index (χ2n) is 5.72. The van der Waals surface area contributed by atoms with Crippen molar-refractivity contribution in [3.63, 3.8) is 0 Å². The zero-order chi connectivity index (χ0) is 16.7. The van der Waals surface area contributed by atoms with E-state index >= 15 is 0 Å². The number of carbonyl (C=O) groups is 1. The van der Waals surface area contributed by atoms with Crippen LogP contribution in [0.25, 0.3) is 11.1 Å². The van der Waals surface area contributed by atoms with Gasteiger partial charge in [0.25, 0.3) is 0 Å². The SMILES string of the molecule is COCC(C)NC(=O)N(C)Cc1ccc(-c2ccccc2)cc1. The predicted molar refractivity (Wildman–Crippen MR) is 93.2 cm³/mol. The average Bonchev–Trinajstić information content (AvgIpc) is 2.56. The molecule has 122 valence electrons. The number of hydrogen-bond donors (Lipinski definition) is 1.